The fourth-order valence-electron chi connectivity index (χ4n) is 5.14. The van der Waals surface area contributed by atoms with Gasteiger partial charge in [0.2, 0.25) is 41.4 Å². The fourth-order valence-corrected chi connectivity index (χ4v) is 5.79. The average molecular weight is 877 g/mol. The second-order valence-electron chi connectivity index (χ2n) is 13.4. The van der Waals surface area contributed by atoms with Crippen LogP contribution in [0.2, 0.25) is 0 Å². The molecule has 26 heteroatoms. The Morgan fingerprint density at radius 1 is 0.763 bits per heavy atom. The minimum absolute atomic E-state index is 0.0154. The van der Waals surface area contributed by atoms with Gasteiger partial charge in [-0.05, 0) is 42.9 Å². The van der Waals surface area contributed by atoms with E-state index in [9.17, 15) is 53.1 Å². The number of hydrogen-bond acceptors (Lipinski definition) is 13. The van der Waals surface area contributed by atoms with Crippen LogP contribution in [0.5, 0.6) is 5.75 Å². The summed E-state index contributed by atoms with van der Waals surface area (Å²) in [4.78, 5) is 124. The summed E-state index contributed by atoms with van der Waals surface area (Å²) in [5.41, 5.74) is 16.3. The Morgan fingerprint density at radius 2 is 1.25 bits per heavy atom. The number of amides is 7. The molecule has 0 fully saturated rings. The SMILES string of the molecule is CC(=O)N[C@@H](Cc1ccc(OP(=O)(O)O)cc1)C(=O)N[C@@H](CC(C)C)C(=O)N[C@@H](CCCN=C(N)N)C(=O)N[C@@H](CS)C(=O)N[C@@H](CC(=O)O)C(=O)N[C@@H](CO)C(N)=O. The van der Waals surface area contributed by atoms with E-state index in [2.05, 4.69) is 48.7 Å². The van der Waals surface area contributed by atoms with Crippen LogP contribution in [0.4, 0.5) is 0 Å². The Labute approximate surface area is 344 Å². The first-order chi connectivity index (χ1) is 27.5. The number of carbonyl (C=O) groups excluding carboxylic acids is 7. The van der Waals surface area contributed by atoms with Crippen LogP contribution in [0.1, 0.15) is 52.0 Å². The number of phosphoric acid groups is 1. The van der Waals surface area contributed by atoms with Gasteiger partial charge in [0, 0.05) is 25.6 Å². The first-order valence-electron chi connectivity index (χ1n) is 17.9. The number of carboxylic acid groups (broad SMARTS) is 1. The molecule has 1 aromatic carbocycles. The number of nitrogens with zero attached hydrogens (tertiary/aromatic N) is 1. The smallest absolute Gasteiger partial charge is 0.481 e. The standard InChI is InChI=1S/C33H53N10O14PS/c1-16(2)11-21(40-30(51)22(38-17(3)45)12-18-6-8-19(9-7-18)57-58(54,55)56)29(50)39-20(5-4-10-37-33(35)36)28(49)43-25(15-59)32(53)41-23(13-26(46)47)31(52)42-24(14-44)27(34)48/h6-9,16,20-25,44,59H,4-5,10-15H2,1-3H3,(H2,34,48)(H,38,45)(H,39,50)(H,40,51)(H,41,53)(H,42,52)(H,43,49)(H,46,47)(H4,35,36,37)(H2,54,55,56)/t20-,21-,22-,23-,24-,25-/m0/s1. The molecule has 0 radical (unpaired) electrons. The molecule has 0 aliphatic rings. The third kappa shape index (κ3) is 20.7. The van der Waals surface area contributed by atoms with Crippen molar-refractivity contribution in [3.63, 3.8) is 0 Å². The molecule has 0 aliphatic carbocycles. The van der Waals surface area contributed by atoms with Crippen LogP contribution in [-0.2, 0) is 49.3 Å². The first kappa shape index (κ1) is 51.5. The minimum Gasteiger partial charge on any atom is -0.481 e. The summed E-state index contributed by atoms with van der Waals surface area (Å²) in [6, 6.07) is -3.54. The summed E-state index contributed by atoms with van der Waals surface area (Å²) in [5.74, 6) is -9.11. The summed E-state index contributed by atoms with van der Waals surface area (Å²) in [5, 5.41) is 32.8. The van der Waals surface area contributed by atoms with Gasteiger partial charge in [0.05, 0.1) is 13.0 Å². The summed E-state index contributed by atoms with van der Waals surface area (Å²) >= 11 is 4.09. The van der Waals surface area contributed by atoms with Gasteiger partial charge in [-0.15, -0.1) is 0 Å². The Bertz CT molecular complexity index is 1730. The van der Waals surface area contributed by atoms with Crippen molar-refractivity contribution >= 4 is 73.7 Å². The van der Waals surface area contributed by atoms with Gasteiger partial charge in [0.1, 0.15) is 42.0 Å². The second kappa shape index (κ2) is 25.1. The number of aliphatic hydroxyl groups is 1. The van der Waals surface area contributed by atoms with E-state index in [1.165, 1.54) is 24.3 Å². The van der Waals surface area contributed by atoms with Crippen LogP contribution in [-0.4, -0.2) is 128 Å². The van der Waals surface area contributed by atoms with E-state index in [-0.39, 0.29) is 49.9 Å². The predicted molar refractivity (Wildman–Crippen MR) is 212 cm³/mol. The number of nitrogens with one attached hydrogen (secondary N) is 6. The number of phosphoric ester groups is 1. The van der Waals surface area contributed by atoms with Crippen LogP contribution >= 0.6 is 20.5 Å². The number of nitrogens with two attached hydrogens (primary N) is 3. The van der Waals surface area contributed by atoms with Gasteiger partial charge in [0.15, 0.2) is 5.96 Å². The van der Waals surface area contributed by atoms with E-state index in [1.54, 1.807) is 13.8 Å². The molecule has 1 aromatic rings. The number of aliphatic carboxylic acids is 1. The number of carboxylic acids is 1. The molecular formula is C33H53N10O14PS. The lowest BCUT2D eigenvalue weighted by atomic mass is 10.00. The predicted octanol–water partition coefficient (Wildman–Crippen LogP) is -4.39. The van der Waals surface area contributed by atoms with Gasteiger partial charge >= 0.3 is 13.8 Å². The number of guanidine groups is 1. The number of benzene rings is 1. The quantitative estimate of drug-likeness (QED) is 0.0137. The number of aliphatic imine (C=N–C) groups is 1. The summed E-state index contributed by atoms with van der Waals surface area (Å²) < 4.78 is 15.7. The molecule has 0 saturated heterocycles. The van der Waals surface area contributed by atoms with E-state index >= 15 is 0 Å². The lowest BCUT2D eigenvalue weighted by molar-refractivity contribution is -0.141. The summed E-state index contributed by atoms with van der Waals surface area (Å²) in [6.45, 7) is 3.77. The van der Waals surface area contributed by atoms with E-state index in [0.29, 0.717) is 5.56 Å². The van der Waals surface area contributed by atoms with E-state index in [0.717, 1.165) is 6.92 Å². The van der Waals surface area contributed by atoms with E-state index < -0.39 is 110 Å². The highest BCUT2D eigenvalue weighted by atomic mass is 32.1. The van der Waals surface area contributed by atoms with Gasteiger partial charge in [-0.25, -0.2) is 4.57 Å². The Morgan fingerprint density at radius 3 is 1.75 bits per heavy atom. The van der Waals surface area contributed by atoms with E-state index in [1.807, 2.05) is 5.32 Å². The molecule has 59 heavy (non-hydrogen) atoms. The summed E-state index contributed by atoms with van der Waals surface area (Å²) in [7, 11) is -4.84. The lowest BCUT2D eigenvalue weighted by Gasteiger charge is -2.27. The maximum Gasteiger partial charge on any atom is 0.524 e. The van der Waals surface area contributed by atoms with Crippen molar-refractivity contribution in [2.75, 3.05) is 18.9 Å². The number of rotatable bonds is 26. The molecular weight excluding hydrogens is 823 g/mol. The van der Waals surface area contributed by atoms with Crippen LogP contribution in [0.3, 0.4) is 0 Å². The van der Waals surface area contributed by atoms with Gasteiger partial charge in [-0.2, -0.15) is 12.6 Å². The fraction of sp³-hybridized carbons (Fsp3) is 0.545. The topological polar surface area (TPSA) is 406 Å². The Hall–Kier alpha value is -5.49. The molecule has 0 unspecified atom stereocenters. The molecule has 6 atom stereocenters. The largest absolute Gasteiger partial charge is 0.524 e. The van der Waals surface area contributed by atoms with Crippen molar-refractivity contribution in [3.8, 4) is 5.75 Å². The molecule has 0 aromatic heterocycles. The number of hydrogen-bond donors (Lipinski definition) is 14. The molecule has 1 rings (SSSR count). The lowest BCUT2D eigenvalue weighted by Crippen LogP contribution is -2.60. The van der Waals surface area contributed by atoms with Crippen molar-refractivity contribution < 1.29 is 67.4 Å². The van der Waals surface area contributed by atoms with Crippen LogP contribution in [0, 0.1) is 5.92 Å². The molecule has 0 spiro atoms. The Balaban J connectivity index is 3.33. The average Bonchev–Trinajstić information content (AvgIpc) is 3.12. The van der Waals surface area contributed by atoms with Crippen molar-refractivity contribution in [3.05, 3.63) is 29.8 Å². The molecule has 0 aliphatic heterocycles. The zero-order chi connectivity index (χ0) is 45.0. The monoisotopic (exact) mass is 876 g/mol. The van der Waals surface area contributed by atoms with Gasteiger partial charge in [-0.1, -0.05) is 26.0 Å². The molecule has 16 N–H and O–H groups in total. The second-order valence-corrected chi connectivity index (χ2v) is 15.0. The maximum absolute atomic E-state index is 13.8. The number of aliphatic hydroxyl groups excluding tert-OH is 1. The third-order valence-electron chi connectivity index (χ3n) is 7.87. The van der Waals surface area contributed by atoms with Crippen LogP contribution in [0.25, 0.3) is 0 Å². The first-order valence-corrected chi connectivity index (χ1v) is 20.0. The van der Waals surface area contributed by atoms with Gasteiger partial charge in [0.25, 0.3) is 0 Å². The molecule has 7 amide bonds. The highest BCUT2D eigenvalue weighted by Crippen LogP contribution is 2.37. The molecule has 24 nitrogen and oxygen atoms in total. The molecule has 330 valence electrons. The van der Waals surface area contributed by atoms with Crippen molar-refractivity contribution in [1.82, 2.24) is 31.9 Å². The highest BCUT2D eigenvalue weighted by Gasteiger charge is 2.33. The van der Waals surface area contributed by atoms with Crippen LogP contribution in [0.15, 0.2) is 29.3 Å². The van der Waals surface area contributed by atoms with Crippen molar-refractivity contribution in [2.45, 2.75) is 89.1 Å². The zero-order valence-corrected chi connectivity index (χ0v) is 34.2. The van der Waals surface area contributed by atoms with E-state index in [4.69, 9.17) is 27.0 Å². The number of carbonyl (C=O) groups is 8. The van der Waals surface area contributed by atoms with Crippen LogP contribution < -0.4 is 53.6 Å². The third-order valence-corrected chi connectivity index (χ3v) is 8.68. The normalized spacial score (nSPS) is 14.2. The highest BCUT2D eigenvalue weighted by molar-refractivity contribution is 7.80. The van der Waals surface area contributed by atoms with Crippen molar-refractivity contribution in [2.24, 2.45) is 28.1 Å². The maximum atomic E-state index is 13.8. The summed E-state index contributed by atoms with van der Waals surface area (Å²) in [6.07, 6.45) is -1.05. The molecule has 0 bridgehead atoms. The Kier molecular flexibility index (Phi) is 21.9. The van der Waals surface area contributed by atoms with Gasteiger partial charge in [-0.3, -0.25) is 53.1 Å². The minimum atomic E-state index is -4.84. The van der Waals surface area contributed by atoms with Crippen molar-refractivity contribution in [1.29, 1.82) is 0 Å². The number of thiol groups is 1. The molecule has 0 heterocycles. The molecule has 0 saturated carbocycles. The number of primary amides is 1. The van der Waals surface area contributed by atoms with Gasteiger partial charge < -0.3 is 63.8 Å². The zero-order valence-electron chi connectivity index (χ0n) is 32.5.